The average molecular weight is 357 g/mol. The van der Waals surface area contributed by atoms with Gasteiger partial charge >= 0.3 is 5.97 Å². The number of hydrogen-bond acceptors (Lipinski definition) is 5. The van der Waals surface area contributed by atoms with Crippen LogP contribution in [0.25, 0.3) is 0 Å². The van der Waals surface area contributed by atoms with Gasteiger partial charge in [-0.2, -0.15) is 5.10 Å². The Morgan fingerprint density at radius 1 is 1.52 bits per heavy atom. The minimum atomic E-state index is -1.14. The second-order valence-electron chi connectivity index (χ2n) is 5.26. The summed E-state index contributed by atoms with van der Waals surface area (Å²) in [6, 6.07) is -0.777. The molecule has 1 saturated heterocycles. The van der Waals surface area contributed by atoms with Gasteiger partial charge in [0.15, 0.2) is 0 Å². The van der Waals surface area contributed by atoms with Gasteiger partial charge in [-0.1, -0.05) is 11.6 Å². The van der Waals surface area contributed by atoms with Crippen molar-refractivity contribution in [3.8, 4) is 0 Å². The smallest absolute Gasteiger partial charge is 0.352 e. The molecule has 3 rings (SSSR count). The molecule has 2 amide bonds. The number of β-lactam (4-membered cyclic amide) rings is 1. The number of aromatic nitrogens is 2. The van der Waals surface area contributed by atoms with Gasteiger partial charge in [-0.15, -0.1) is 11.8 Å². The molecule has 0 unspecified atom stereocenters. The third-order valence-electron chi connectivity index (χ3n) is 3.76. The van der Waals surface area contributed by atoms with Crippen LogP contribution in [0.3, 0.4) is 0 Å². The van der Waals surface area contributed by atoms with E-state index in [9.17, 15) is 19.5 Å². The number of fused-ring (bicyclic) bond motifs is 1. The molecule has 0 spiro atoms. The van der Waals surface area contributed by atoms with E-state index in [0.717, 1.165) is 0 Å². The summed E-state index contributed by atoms with van der Waals surface area (Å²) in [7, 11) is 1.57. The Morgan fingerprint density at radius 3 is 2.78 bits per heavy atom. The normalized spacial score (nSPS) is 23.4. The van der Waals surface area contributed by atoms with Crippen LogP contribution in [0.5, 0.6) is 0 Å². The number of carboxylic acids is 1. The number of nitrogens with zero attached hydrogens (tertiary/aromatic N) is 3. The van der Waals surface area contributed by atoms with Crippen molar-refractivity contribution in [1.82, 2.24) is 20.0 Å². The lowest BCUT2D eigenvalue weighted by molar-refractivity contribution is -0.148. The van der Waals surface area contributed by atoms with Crippen molar-refractivity contribution in [2.24, 2.45) is 7.05 Å². The first-order valence-corrected chi connectivity index (χ1v) is 8.11. The van der Waals surface area contributed by atoms with E-state index in [1.54, 1.807) is 14.0 Å². The Morgan fingerprint density at radius 2 is 2.22 bits per heavy atom. The van der Waals surface area contributed by atoms with Crippen LogP contribution >= 0.6 is 23.4 Å². The Bertz CT molecular complexity index is 740. The van der Waals surface area contributed by atoms with E-state index in [-0.39, 0.29) is 16.4 Å². The summed E-state index contributed by atoms with van der Waals surface area (Å²) in [4.78, 5) is 37.1. The fraction of sp³-hybridized carbons (Fsp3) is 0.385. The SMILES string of the molecule is CC1=C(C(=O)O)N2C(=O)[C@H](NC(=O)c3c(Cl)cnn3C)[C@@H]2SC1. The van der Waals surface area contributed by atoms with Gasteiger partial charge < -0.3 is 10.4 Å². The first kappa shape index (κ1) is 15.9. The molecule has 122 valence electrons. The van der Waals surface area contributed by atoms with Crippen molar-refractivity contribution in [2.75, 3.05) is 5.75 Å². The highest BCUT2D eigenvalue weighted by molar-refractivity contribution is 8.00. The molecule has 2 aliphatic heterocycles. The number of hydrogen-bond donors (Lipinski definition) is 2. The molecule has 0 saturated carbocycles. The molecule has 0 bridgehead atoms. The van der Waals surface area contributed by atoms with Crippen LogP contribution in [0.2, 0.25) is 5.02 Å². The van der Waals surface area contributed by atoms with E-state index in [1.165, 1.54) is 27.5 Å². The number of rotatable bonds is 3. The standard InChI is InChI=1S/C13H13ClN4O4S/c1-5-4-23-12-7(11(20)18(12)8(5)13(21)22)16-10(19)9-6(14)3-15-17(9)2/h3,7,12H,4H2,1-2H3,(H,16,19)(H,21,22)/t7-,12-/m0/s1. The molecule has 1 fully saturated rings. The molecule has 1 aromatic heterocycles. The maximum Gasteiger partial charge on any atom is 0.352 e. The number of halogens is 1. The molecule has 1 aromatic rings. The Balaban J connectivity index is 1.79. The quantitative estimate of drug-likeness (QED) is 0.762. The highest BCUT2D eigenvalue weighted by atomic mass is 35.5. The number of carbonyl (C=O) groups is 3. The van der Waals surface area contributed by atoms with Crippen molar-refractivity contribution in [3.63, 3.8) is 0 Å². The summed E-state index contributed by atoms with van der Waals surface area (Å²) in [5, 5.41) is 15.5. The van der Waals surface area contributed by atoms with Crippen molar-refractivity contribution in [1.29, 1.82) is 0 Å². The van der Waals surface area contributed by atoms with E-state index in [4.69, 9.17) is 11.6 Å². The first-order valence-electron chi connectivity index (χ1n) is 6.69. The molecule has 0 aliphatic carbocycles. The lowest BCUT2D eigenvalue weighted by Crippen LogP contribution is -2.70. The van der Waals surface area contributed by atoms with Gasteiger partial charge in [0, 0.05) is 12.8 Å². The van der Waals surface area contributed by atoms with Gasteiger partial charge in [0.05, 0.1) is 11.2 Å². The summed E-state index contributed by atoms with van der Waals surface area (Å²) >= 11 is 7.33. The molecular formula is C13H13ClN4O4S. The Hall–Kier alpha value is -2.00. The zero-order valence-corrected chi connectivity index (χ0v) is 13.8. The van der Waals surface area contributed by atoms with Crippen LogP contribution in [0, 0.1) is 0 Å². The molecule has 3 heterocycles. The Kier molecular flexibility index (Phi) is 3.85. The predicted octanol–water partition coefficient (Wildman–Crippen LogP) is 0.446. The Labute approximate surface area is 140 Å². The summed E-state index contributed by atoms with van der Waals surface area (Å²) < 4.78 is 1.32. The maximum absolute atomic E-state index is 12.3. The average Bonchev–Trinajstić information content (AvgIpc) is 2.83. The summed E-state index contributed by atoms with van der Waals surface area (Å²) in [6.45, 7) is 1.68. The molecule has 2 aliphatic rings. The van der Waals surface area contributed by atoms with Crippen LogP contribution in [0.15, 0.2) is 17.5 Å². The predicted molar refractivity (Wildman–Crippen MR) is 82.9 cm³/mol. The van der Waals surface area contributed by atoms with E-state index in [1.807, 2.05) is 0 Å². The monoisotopic (exact) mass is 356 g/mol. The van der Waals surface area contributed by atoms with Gasteiger partial charge in [-0.25, -0.2) is 4.79 Å². The van der Waals surface area contributed by atoms with Crippen molar-refractivity contribution in [3.05, 3.63) is 28.2 Å². The molecule has 0 aromatic carbocycles. The zero-order chi connectivity index (χ0) is 16.9. The number of aryl methyl sites for hydroxylation is 1. The number of carbonyl (C=O) groups excluding carboxylic acids is 2. The molecular weight excluding hydrogens is 344 g/mol. The van der Waals surface area contributed by atoms with Crippen molar-refractivity contribution in [2.45, 2.75) is 18.3 Å². The highest BCUT2D eigenvalue weighted by Crippen LogP contribution is 2.40. The number of carboxylic acid groups (broad SMARTS) is 1. The second kappa shape index (κ2) is 5.57. The summed E-state index contributed by atoms with van der Waals surface area (Å²) in [6.07, 6.45) is 1.34. The molecule has 8 nitrogen and oxygen atoms in total. The van der Waals surface area contributed by atoms with Crippen molar-refractivity contribution >= 4 is 41.1 Å². The molecule has 2 N–H and O–H groups in total. The largest absolute Gasteiger partial charge is 0.477 e. The van der Waals surface area contributed by atoms with Crippen LogP contribution in [-0.2, 0) is 16.6 Å². The maximum atomic E-state index is 12.3. The van der Waals surface area contributed by atoms with E-state index >= 15 is 0 Å². The van der Waals surface area contributed by atoms with Crippen LogP contribution in [0.1, 0.15) is 17.4 Å². The molecule has 0 radical (unpaired) electrons. The summed E-state index contributed by atoms with van der Waals surface area (Å²) in [5.74, 6) is -1.60. The lowest BCUT2D eigenvalue weighted by Gasteiger charge is -2.49. The molecule has 2 atom stereocenters. The lowest BCUT2D eigenvalue weighted by atomic mass is 10.0. The summed E-state index contributed by atoms with van der Waals surface area (Å²) in [5.41, 5.74) is 0.790. The number of thioether (sulfide) groups is 1. The third-order valence-corrected chi connectivity index (χ3v) is 5.46. The van der Waals surface area contributed by atoms with E-state index in [2.05, 4.69) is 10.4 Å². The van der Waals surface area contributed by atoms with Gasteiger partial charge in [0.1, 0.15) is 22.8 Å². The molecule has 10 heteroatoms. The third kappa shape index (κ3) is 2.40. The fourth-order valence-electron chi connectivity index (χ4n) is 2.65. The van der Waals surface area contributed by atoms with Crippen molar-refractivity contribution < 1.29 is 19.5 Å². The van der Waals surface area contributed by atoms with E-state index < -0.39 is 29.2 Å². The first-order chi connectivity index (χ1) is 10.8. The van der Waals surface area contributed by atoms with Gasteiger partial charge in [-0.05, 0) is 12.5 Å². The highest BCUT2D eigenvalue weighted by Gasteiger charge is 2.53. The van der Waals surface area contributed by atoms with Crippen LogP contribution < -0.4 is 5.32 Å². The minimum Gasteiger partial charge on any atom is -0.477 e. The van der Waals surface area contributed by atoms with Crippen LogP contribution in [0.4, 0.5) is 0 Å². The zero-order valence-electron chi connectivity index (χ0n) is 12.2. The number of aliphatic carboxylic acids is 1. The number of nitrogens with one attached hydrogen (secondary N) is 1. The second-order valence-corrected chi connectivity index (χ2v) is 6.77. The van der Waals surface area contributed by atoms with Gasteiger partial charge in [0.25, 0.3) is 11.8 Å². The minimum absolute atomic E-state index is 0.00261. The number of amides is 2. The van der Waals surface area contributed by atoms with E-state index in [0.29, 0.717) is 11.3 Å². The fourth-order valence-corrected chi connectivity index (χ4v) is 4.20. The topological polar surface area (TPSA) is 105 Å². The molecule has 23 heavy (non-hydrogen) atoms. The van der Waals surface area contributed by atoms with Crippen LogP contribution in [-0.4, -0.2) is 54.7 Å². The van der Waals surface area contributed by atoms with Gasteiger partial charge in [0.2, 0.25) is 0 Å². The van der Waals surface area contributed by atoms with Gasteiger partial charge in [-0.3, -0.25) is 19.2 Å².